The Hall–Kier alpha value is -1.55. The number of hydrogen-bond acceptors (Lipinski definition) is 3. The summed E-state index contributed by atoms with van der Waals surface area (Å²) in [7, 11) is 0. The summed E-state index contributed by atoms with van der Waals surface area (Å²) < 4.78 is 1.01. The number of carbonyl (C=O) groups is 1. The van der Waals surface area contributed by atoms with E-state index in [9.17, 15) is 4.79 Å². The van der Waals surface area contributed by atoms with Crippen molar-refractivity contribution in [1.29, 1.82) is 0 Å². The van der Waals surface area contributed by atoms with Crippen LogP contribution in [-0.2, 0) is 0 Å². The van der Waals surface area contributed by atoms with E-state index in [0.717, 1.165) is 15.6 Å². The lowest BCUT2D eigenvalue weighted by Crippen LogP contribution is -2.10. The van der Waals surface area contributed by atoms with Crippen molar-refractivity contribution in [2.45, 2.75) is 6.92 Å². The Balaban J connectivity index is 2.79. The molecule has 0 radical (unpaired) electrons. The molecule has 14 heavy (non-hydrogen) atoms. The maximum absolute atomic E-state index is 11.0. The molecule has 1 aromatic carbocycles. The number of nitrogen functional groups attached to an aromatic ring is 1. The highest BCUT2D eigenvalue weighted by atomic mass is 32.1. The first-order valence-electron chi connectivity index (χ1n) is 4.18. The molecule has 1 amide bonds. The normalized spacial score (nSPS) is 10.6. The van der Waals surface area contributed by atoms with Crippen molar-refractivity contribution in [1.82, 2.24) is 0 Å². The monoisotopic (exact) mass is 206 g/mol. The molecule has 0 fully saturated rings. The van der Waals surface area contributed by atoms with Gasteiger partial charge in [0.1, 0.15) is 4.88 Å². The largest absolute Gasteiger partial charge is 0.397 e. The van der Waals surface area contributed by atoms with E-state index in [1.807, 2.05) is 25.1 Å². The molecule has 0 saturated carbocycles. The van der Waals surface area contributed by atoms with Crippen molar-refractivity contribution in [3.8, 4) is 0 Å². The third-order valence-corrected chi connectivity index (χ3v) is 3.29. The number of anilines is 1. The number of carbonyl (C=O) groups excluding carboxylic acids is 1. The van der Waals surface area contributed by atoms with Crippen LogP contribution in [-0.4, -0.2) is 5.91 Å². The van der Waals surface area contributed by atoms with Gasteiger partial charge in [0.2, 0.25) is 0 Å². The van der Waals surface area contributed by atoms with E-state index in [2.05, 4.69) is 0 Å². The van der Waals surface area contributed by atoms with Crippen LogP contribution in [0.5, 0.6) is 0 Å². The summed E-state index contributed by atoms with van der Waals surface area (Å²) in [4.78, 5) is 11.5. The van der Waals surface area contributed by atoms with Crippen LogP contribution in [0.15, 0.2) is 18.2 Å². The summed E-state index contributed by atoms with van der Waals surface area (Å²) in [6.45, 7) is 2.00. The molecule has 1 aromatic heterocycles. The quantitative estimate of drug-likeness (QED) is 0.748. The average molecular weight is 206 g/mol. The molecule has 0 unspecified atom stereocenters. The number of primary amides is 1. The first-order chi connectivity index (χ1) is 6.59. The zero-order valence-corrected chi connectivity index (χ0v) is 8.52. The van der Waals surface area contributed by atoms with E-state index >= 15 is 0 Å². The molecule has 0 spiro atoms. The van der Waals surface area contributed by atoms with Crippen molar-refractivity contribution in [3.05, 3.63) is 28.6 Å². The molecule has 3 nitrogen and oxygen atoms in total. The Kier molecular flexibility index (Phi) is 1.93. The fourth-order valence-electron chi connectivity index (χ4n) is 1.41. The Bertz CT molecular complexity index is 516. The van der Waals surface area contributed by atoms with Gasteiger partial charge in [0.15, 0.2) is 0 Å². The van der Waals surface area contributed by atoms with E-state index in [4.69, 9.17) is 11.5 Å². The van der Waals surface area contributed by atoms with Gasteiger partial charge in [0, 0.05) is 10.1 Å². The summed E-state index contributed by atoms with van der Waals surface area (Å²) in [6.07, 6.45) is 0. The van der Waals surface area contributed by atoms with Crippen molar-refractivity contribution < 1.29 is 4.79 Å². The van der Waals surface area contributed by atoms with Crippen LogP contribution in [0.25, 0.3) is 10.1 Å². The van der Waals surface area contributed by atoms with Crippen molar-refractivity contribution in [2.75, 3.05) is 5.73 Å². The fraction of sp³-hybridized carbons (Fsp3) is 0.100. The summed E-state index contributed by atoms with van der Waals surface area (Å²) in [6, 6.07) is 5.89. The van der Waals surface area contributed by atoms with Gasteiger partial charge in [-0.25, -0.2) is 0 Å². The second kappa shape index (κ2) is 2.99. The first-order valence-corrected chi connectivity index (χ1v) is 4.99. The number of thiophene rings is 1. The van der Waals surface area contributed by atoms with Crippen LogP contribution in [0.2, 0.25) is 0 Å². The zero-order chi connectivity index (χ0) is 10.3. The smallest absolute Gasteiger partial charge is 0.260 e. The average Bonchev–Trinajstić information content (AvgIpc) is 2.43. The number of amides is 1. The summed E-state index contributed by atoms with van der Waals surface area (Å²) >= 11 is 1.35. The minimum Gasteiger partial charge on any atom is -0.397 e. The molecule has 0 saturated heterocycles. The second-order valence-corrected chi connectivity index (χ2v) is 4.26. The fourth-order valence-corrected chi connectivity index (χ4v) is 2.48. The van der Waals surface area contributed by atoms with Crippen LogP contribution in [0.4, 0.5) is 5.69 Å². The van der Waals surface area contributed by atoms with Crippen molar-refractivity contribution in [3.63, 3.8) is 0 Å². The van der Waals surface area contributed by atoms with Crippen LogP contribution >= 0.6 is 11.3 Å². The van der Waals surface area contributed by atoms with E-state index in [1.165, 1.54) is 11.3 Å². The second-order valence-electron chi connectivity index (χ2n) is 3.21. The lowest BCUT2D eigenvalue weighted by Gasteiger charge is -1.93. The van der Waals surface area contributed by atoms with Gasteiger partial charge in [-0.05, 0) is 18.6 Å². The summed E-state index contributed by atoms with van der Waals surface area (Å²) in [5, 5.41) is 0.911. The molecule has 4 N–H and O–H groups in total. The molecular formula is C10H10N2OS. The minimum atomic E-state index is -0.457. The predicted octanol–water partition coefficient (Wildman–Crippen LogP) is 1.89. The highest BCUT2D eigenvalue weighted by Gasteiger charge is 2.12. The van der Waals surface area contributed by atoms with E-state index in [0.29, 0.717) is 10.6 Å². The third kappa shape index (κ3) is 1.24. The van der Waals surface area contributed by atoms with Gasteiger partial charge in [0.25, 0.3) is 5.91 Å². The Morgan fingerprint density at radius 3 is 2.79 bits per heavy atom. The van der Waals surface area contributed by atoms with Gasteiger partial charge >= 0.3 is 0 Å². The van der Waals surface area contributed by atoms with Gasteiger partial charge < -0.3 is 11.5 Å². The molecular weight excluding hydrogens is 196 g/mol. The molecule has 2 aromatic rings. The van der Waals surface area contributed by atoms with Crippen molar-refractivity contribution in [2.24, 2.45) is 5.73 Å². The predicted molar refractivity (Wildman–Crippen MR) is 59.5 cm³/mol. The molecule has 2 rings (SSSR count). The highest BCUT2D eigenvalue weighted by molar-refractivity contribution is 7.21. The van der Waals surface area contributed by atoms with Gasteiger partial charge in [0.05, 0.1) is 5.69 Å². The highest BCUT2D eigenvalue weighted by Crippen LogP contribution is 2.33. The lowest BCUT2D eigenvalue weighted by atomic mass is 10.1. The standard InChI is InChI=1S/C10H10N2OS/c1-5-2-3-6-7(4-5)14-9(8(6)11)10(12)13/h2-4H,11H2,1H3,(H2,12,13). The SMILES string of the molecule is Cc1ccc2c(N)c(C(N)=O)sc2c1. The van der Waals surface area contributed by atoms with Crippen LogP contribution in [0.3, 0.4) is 0 Å². The maximum atomic E-state index is 11.0. The van der Waals surface area contributed by atoms with E-state index in [-0.39, 0.29) is 0 Å². The number of aryl methyl sites for hydroxylation is 1. The third-order valence-electron chi connectivity index (χ3n) is 2.11. The van der Waals surface area contributed by atoms with Crippen LogP contribution < -0.4 is 11.5 Å². The number of fused-ring (bicyclic) bond motifs is 1. The molecule has 4 heteroatoms. The molecule has 0 aliphatic rings. The Labute approximate surface area is 85.3 Å². The van der Waals surface area contributed by atoms with Gasteiger partial charge in [-0.2, -0.15) is 0 Å². The number of nitrogens with two attached hydrogens (primary N) is 2. The molecule has 0 aliphatic heterocycles. The minimum absolute atomic E-state index is 0.450. The lowest BCUT2D eigenvalue weighted by molar-refractivity contribution is 0.100. The van der Waals surface area contributed by atoms with Crippen LogP contribution in [0.1, 0.15) is 15.2 Å². The summed E-state index contributed by atoms with van der Waals surface area (Å²) in [5.41, 5.74) is 12.7. The zero-order valence-electron chi connectivity index (χ0n) is 7.70. The Morgan fingerprint density at radius 2 is 2.14 bits per heavy atom. The Morgan fingerprint density at radius 1 is 1.43 bits per heavy atom. The van der Waals surface area contributed by atoms with E-state index in [1.54, 1.807) is 0 Å². The molecule has 0 bridgehead atoms. The molecule has 1 heterocycles. The van der Waals surface area contributed by atoms with Gasteiger partial charge in [-0.3, -0.25) is 4.79 Å². The van der Waals surface area contributed by atoms with Crippen molar-refractivity contribution >= 4 is 33.0 Å². The van der Waals surface area contributed by atoms with E-state index < -0.39 is 5.91 Å². The van der Waals surface area contributed by atoms with Gasteiger partial charge in [-0.15, -0.1) is 11.3 Å². The first kappa shape index (κ1) is 9.02. The molecule has 0 atom stereocenters. The topological polar surface area (TPSA) is 69.1 Å². The number of rotatable bonds is 1. The number of benzene rings is 1. The van der Waals surface area contributed by atoms with Gasteiger partial charge in [-0.1, -0.05) is 12.1 Å². The number of hydrogen-bond donors (Lipinski definition) is 2. The maximum Gasteiger partial charge on any atom is 0.260 e. The molecule has 72 valence electrons. The summed E-state index contributed by atoms with van der Waals surface area (Å²) in [5.74, 6) is -0.457. The molecule has 0 aliphatic carbocycles. The van der Waals surface area contributed by atoms with Crippen LogP contribution in [0, 0.1) is 6.92 Å².